The molecule has 0 atom stereocenters. The van der Waals surface area contributed by atoms with Crippen molar-refractivity contribution >= 4 is 34.8 Å². The molecule has 1 amide bonds. The van der Waals surface area contributed by atoms with Crippen LogP contribution in [0.1, 0.15) is 16.7 Å². The van der Waals surface area contributed by atoms with Crippen LogP contribution in [0.15, 0.2) is 36.4 Å². The number of hydrogen-bond acceptors (Lipinski definition) is 2. The second-order valence-electron chi connectivity index (χ2n) is 4.57. The first-order chi connectivity index (χ1) is 10.0. The van der Waals surface area contributed by atoms with Gasteiger partial charge in [-0.15, -0.1) is 0 Å². The Kier molecular flexibility index (Phi) is 4.85. The molecule has 0 aliphatic carbocycles. The highest BCUT2D eigenvalue weighted by Crippen LogP contribution is 2.23. The van der Waals surface area contributed by atoms with Crippen LogP contribution in [-0.2, 0) is 11.2 Å². The summed E-state index contributed by atoms with van der Waals surface area (Å²) in [6.45, 7) is 1.82. The molecule has 0 saturated carbocycles. The van der Waals surface area contributed by atoms with E-state index in [4.69, 9.17) is 28.5 Å². The van der Waals surface area contributed by atoms with E-state index in [9.17, 15) is 4.79 Å². The van der Waals surface area contributed by atoms with Gasteiger partial charge in [0.2, 0.25) is 5.91 Å². The topological polar surface area (TPSA) is 52.9 Å². The number of carbonyl (C=O) groups excluding carboxylic acids is 1. The number of benzene rings is 2. The van der Waals surface area contributed by atoms with Crippen LogP contribution in [0.2, 0.25) is 10.0 Å². The van der Waals surface area contributed by atoms with Crippen LogP contribution < -0.4 is 5.32 Å². The Morgan fingerprint density at radius 2 is 2.05 bits per heavy atom. The van der Waals surface area contributed by atoms with E-state index >= 15 is 0 Å². The van der Waals surface area contributed by atoms with Gasteiger partial charge in [-0.3, -0.25) is 4.79 Å². The van der Waals surface area contributed by atoms with Crippen molar-refractivity contribution in [2.75, 3.05) is 5.32 Å². The van der Waals surface area contributed by atoms with E-state index < -0.39 is 0 Å². The van der Waals surface area contributed by atoms with Crippen LogP contribution in [0.3, 0.4) is 0 Å². The summed E-state index contributed by atoms with van der Waals surface area (Å²) in [5.74, 6) is -0.235. The van der Waals surface area contributed by atoms with E-state index in [1.54, 1.807) is 30.3 Å². The van der Waals surface area contributed by atoms with Crippen LogP contribution in [0, 0.1) is 18.3 Å². The number of carbonyl (C=O) groups is 1. The van der Waals surface area contributed by atoms with E-state index in [1.165, 1.54) is 0 Å². The number of amides is 1. The predicted octanol–water partition coefficient (Wildman–Crippen LogP) is 4.35. The molecule has 1 N–H and O–H groups in total. The minimum absolute atomic E-state index is 0.120. The fraction of sp³-hybridized carbons (Fsp3) is 0.125. The molecule has 0 unspecified atom stereocenters. The van der Waals surface area contributed by atoms with Gasteiger partial charge in [-0.1, -0.05) is 41.4 Å². The van der Waals surface area contributed by atoms with Gasteiger partial charge in [0.1, 0.15) is 6.07 Å². The molecule has 2 rings (SSSR count). The molecule has 0 spiro atoms. The molecule has 0 bridgehead atoms. The molecular weight excluding hydrogens is 307 g/mol. The summed E-state index contributed by atoms with van der Waals surface area (Å²) < 4.78 is 0. The summed E-state index contributed by atoms with van der Waals surface area (Å²) >= 11 is 11.9. The first kappa shape index (κ1) is 15.4. The van der Waals surface area contributed by atoms with E-state index in [-0.39, 0.29) is 12.3 Å². The van der Waals surface area contributed by atoms with Crippen LogP contribution in [0.25, 0.3) is 0 Å². The van der Waals surface area contributed by atoms with Crippen molar-refractivity contribution in [1.82, 2.24) is 0 Å². The molecule has 0 saturated heterocycles. The molecule has 0 fully saturated rings. The number of nitriles is 1. The highest BCUT2D eigenvalue weighted by molar-refractivity contribution is 6.35. The highest BCUT2D eigenvalue weighted by atomic mass is 35.5. The van der Waals surface area contributed by atoms with Crippen molar-refractivity contribution in [2.24, 2.45) is 0 Å². The Bertz CT molecular complexity index is 736. The maximum atomic E-state index is 12.1. The third kappa shape index (κ3) is 3.75. The Morgan fingerprint density at radius 3 is 2.71 bits per heavy atom. The first-order valence-electron chi connectivity index (χ1n) is 6.24. The molecule has 2 aromatic carbocycles. The lowest BCUT2D eigenvalue weighted by atomic mass is 10.1. The second kappa shape index (κ2) is 6.62. The molecule has 0 aromatic heterocycles. The normalized spacial score (nSPS) is 10.0. The van der Waals surface area contributed by atoms with Gasteiger partial charge in [0.15, 0.2) is 0 Å². The lowest BCUT2D eigenvalue weighted by Crippen LogP contribution is -2.15. The van der Waals surface area contributed by atoms with Crippen molar-refractivity contribution in [1.29, 1.82) is 5.26 Å². The van der Waals surface area contributed by atoms with Gasteiger partial charge in [0.25, 0.3) is 0 Å². The summed E-state index contributed by atoms with van der Waals surface area (Å²) in [5.41, 5.74) is 2.48. The van der Waals surface area contributed by atoms with E-state index in [0.29, 0.717) is 26.9 Å². The standard InChI is InChI=1S/C16H12Cl2N2O/c1-10-3-2-4-15(13(10)9-19)20-16(21)7-11-5-6-12(17)8-14(11)18/h2-6,8H,7H2,1H3,(H,20,21). The number of nitrogens with one attached hydrogen (secondary N) is 1. The molecule has 0 radical (unpaired) electrons. The maximum Gasteiger partial charge on any atom is 0.228 e. The minimum Gasteiger partial charge on any atom is -0.325 e. The Hall–Kier alpha value is -2.02. The highest BCUT2D eigenvalue weighted by Gasteiger charge is 2.11. The number of nitrogens with zero attached hydrogens (tertiary/aromatic N) is 1. The summed E-state index contributed by atoms with van der Waals surface area (Å²) in [6.07, 6.45) is 0.120. The van der Waals surface area contributed by atoms with Crippen LogP contribution in [0.4, 0.5) is 5.69 Å². The van der Waals surface area contributed by atoms with Crippen LogP contribution >= 0.6 is 23.2 Å². The Morgan fingerprint density at radius 1 is 1.29 bits per heavy atom. The number of aryl methyl sites for hydroxylation is 1. The lowest BCUT2D eigenvalue weighted by molar-refractivity contribution is -0.115. The third-order valence-corrected chi connectivity index (χ3v) is 3.61. The minimum atomic E-state index is -0.235. The van der Waals surface area contributed by atoms with Gasteiger partial charge in [0, 0.05) is 10.0 Å². The van der Waals surface area contributed by atoms with Crippen molar-refractivity contribution in [2.45, 2.75) is 13.3 Å². The molecule has 0 aliphatic heterocycles. The van der Waals surface area contributed by atoms with E-state index in [0.717, 1.165) is 5.56 Å². The largest absolute Gasteiger partial charge is 0.325 e. The monoisotopic (exact) mass is 318 g/mol. The molecular formula is C16H12Cl2N2O. The zero-order valence-corrected chi connectivity index (χ0v) is 12.8. The van der Waals surface area contributed by atoms with Gasteiger partial charge >= 0.3 is 0 Å². The average Bonchev–Trinajstić information content (AvgIpc) is 2.42. The Balaban J connectivity index is 2.16. The van der Waals surface area contributed by atoms with Crippen molar-refractivity contribution in [3.63, 3.8) is 0 Å². The van der Waals surface area contributed by atoms with E-state index in [2.05, 4.69) is 11.4 Å². The number of hydrogen-bond donors (Lipinski definition) is 1. The number of rotatable bonds is 3. The van der Waals surface area contributed by atoms with Crippen molar-refractivity contribution < 1.29 is 4.79 Å². The smallest absolute Gasteiger partial charge is 0.228 e. The summed E-state index contributed by atoms with van der Waals surface area (Å²) in [7, 11) is 0. The molecule has 5 heteroatoms. The zero-order chi connectivity index (χ0) is 15.4. The summed E-state index contributed by atoms with van der Waals surface area (Å²) in [6, 6.07) is 12.4. The first-order valence-corrected chi connectivity index (χ1v) is 7.00. The Labute approximate surface area is 133 Å². The van der Waals surface area contributed by atoms with Gasteiger partial charge in [0.05, 0.1) is 17.7 Å². The van der Waals surface area contributed by atoms with Crippen LogP contribution in [-0.4, -0.2) is 5.91 Å². The molecule has 21 heavy (non-hydrogen) atoms. The predicted molar refractivity (Wildman–Crippen MR) is 84.7 cm³/mol. The third-order valence-electron chi connectivity index (χ3n) is 3.02. The maximum absolute atomic E-state index is 12.1. The molecule has 0 aliphatic rings. The lowest BCUT2D eigenvalue weighted by Gasteiger charge is -2.09. The van der Waals surface area contributed by atoms with Gasteiger partial charge in [-0.2, -0.15) is 5.26 Å². The fourth-order valence-electron chi connectivity index (χ4n) is 1.95. The van der Waals surface area contributed by atoms with E-state index in [1.807, 2.05) is 13.0 Å². The second-order valence-corrected chi connectivity index (χ2v) is 5.41. The van der Waals surface area contributed by atoms with Gasteiger partial charge < -0.3 is 5.32 Å². The molecule has 106 valence electrons. The summed E-state index contributed by atoms with van der Waals surface area (Å²) in [4.78, 5) is 12.1. The molecule has 2 aromatic rings. The van der Waals surface area contributed by atoms with Gasteiger partial charge in [-0.05, 0) is 36.2 Å². The van der Waals surface area contributed by atoms with Crippen molar-refractivity contribution in [3.05, 3.63) is 63.1 Å². The summed E-state index contributed by atoms with van der Waals surface area (Å²) in [5, 5.41) is 12.8. The SMILES string of the molecule is Cc1cccc(NC(=O)Cc2ccc(Cl)cc2Cl)c1C#N. The van der Waals surface area contributed by atoms with Crippen LogP contribution in [0.5, 0.6) is 0 Å². The average molecular weight is 319 g/mol. The number of anilines is 1. The number of halogens is 2. The molecule has 0 heterocycles. The molecule has 3 nitrogen and oxygen atoms in total. The quantitative estimate of drug-likeness (QED) is 0.914. The fourth-order valence-corrected chi connectivity index (χ4v) is 2.43. The van der Waals surface area contributed by atoms with Crippen molar-refractivity contribution in [3.8, 4) is 6.07 Å². The van der Waals surface area contributed by atoms with Gasteiger partial charge in [-0.25, -0.2) is 0 Å². The zero-order valence-electron chi connectivity index (χ0n) is 11.3.